The van der Waals surface area contributed by atoms with Gasteiger partial charge in [0, 0.05) is 19.1 Å². The van der Waals surface area contributed by atoms with E-state index in [0.717, 1.165) is 19.3 Å². The lowest BCUT2D eigenvalue weighted by molar-refractivity contribution is 0.0748. The summed E-state index contributed by atoms with van der Waals surface area (Å²) >= 11 is 0. The standard InChI is InChI=1S/C21H27FN4O2/c1-15-13-16(22)6-7-18(15)26-14-19(27)20(23-26)21(28)25-11-4-5-17(8-12-25)24-9-2-3-10-24/h6-7,13-14,17,27H,2-5,8-12H2,1H3. The summed E-state index contributed by atoms with van der Waals surface area (Å²) in [7, 11) is 0. The quantitative estimate of drug-likeness (QED) is 0.881. The van der Waals surface area contributed by atoms with E-state index < -0.39 is 0 Å². The second kappa shape index (κ2) is 7.91. The van der Waals surface area contributed by atoms with Gasteiger partial charge in [0.15, 0.2) is 11.4 Å². The molecule has 3 heterocycles. The van der Waals surface area contributed by atoms with Gasteiger partial charge >= 0.3 is 0 Å². The number of halogens is 1. The summed E-state index contributed by atoms with van der Waals surface area (Å²) in [6.45, 7) is 5.47. The first-order chi connectivity index (χ1) is 13.5. The largest absolute Gasteiger partial charge is 0.504 e. The van der Waals surface area contributed by atoms with Gasteiger partial charge in [-0.2, -0.15) is 5.10 Å². The maximum Gasteiger partial charge on any atom is 0.278 e. The van der Waals surface area contributed by atoms with E-state index in [-0.39, 0.29) is 23.2 Å². The number of carbonyl (C=O) groups excluding carboxylic acids is 1. The van der Waals surface area contributed by atoms with Crippen LogP contribution in [0.2, 0.25) is 0 Å². The topological polar surface area (TPSA) is 61.6 Å². The fraction of sp³-hybridized carbons (Fsp3) is 0.524. The summed E-state index contributed by atoms with van der Waals surface area (Å²) in [4.78, 5) is 17.4. The number of rotatable bonds is 3. The van der Waals surface area contributed by atoms with Gasteiger partial charge in [0.25, 0.3) is 5.91 Å². The van der Waals surface area contributed by atoms with Gasteiger partial charge in [0.2, 0.25) is 0 Å². The Hall–Kier alpha value is -2.41. The third-order valence-corrected chi connectivity index (χ3v) is 5.95. The predicted octanol–water partition coefficient (Wildman–Crippen LogP) is 3.12. The molecule has 1 aromatic carbocycles. The summed E-state index contributed by atoms with van der Waals surface area (Å²) < 4.78 is 14.8. The van der Waals surface area contributed by atoms with Gasteiger partial charge in [-0.1, -0.05) is 0 Å². The number of hydrogen-bond donors (Lipinski definition) is 1. The lowest BCUT2D eigenvalue weighted by atomic mass is 10.1. The number of nitrogens with zero attached hydrogens (tertiary/aromatic N) is 4. The van der Waals surface area contributed by atoms with Crippen molar-refractivity contribution in [2.45, 2.75) is 45.1 Å². The average molecular weight is 386 g/mol. The molecule has 6 nitrogen and oxygen atoms in total. The highest BCUT2D eigenvalue weighted by atomic mass is 19.1. The third-order valence-electron chi connectivity index (χ3n) is 5.95. The molecule has 0 aliphatic carbocycles. The van der Waals surface area contributed by atoms with Crippen molar-refractivity contribution in [2.24, 2.45) is 0 Å². The predicted molar refractivity (Wildman–Crippen MR) is 104 cm³/mol. The Morgan fingerprint density at radius 2 is 1.93 bits per heavy atom. The zero-order valence-electron chi connectivity index (χ0n) is 16.3. The highest BCUT2D eigenvalue weighted by molar-refractivity contribution is 5.94. The first-order valence-electron chi connectivity index (χ1n) is 10.1. The molecular formula is C21H27FN4O2. The van der Waals surface area contributed by atoms with E-state index in [2.05, 4.69) is 10.00 Å². The van der Waals surface area contributed by atoms with Crippen LogP contribution in [0.15, 0.2) is 24.4 Å². The van der Waals surface area contributed by atoms with Gasteiger partial charge in [-0.15, -0.1) is 0 Å². The van der Waals surface area contributed by atoms with E-state index in [1.54, 1.807) is 17.9 Å². The van der Waals surface area contributed by atoms with Crippen LogP contribution in [0.1, 0.15) is 48.2 Å². The van der Waals surface area contributed by atoms with E-state index >= 15 is 0 Å². The molecule has 1 N–H and O–H groups in total. The SMILES string of the molecule is Cc1cc(F)ccc1-n1cc(O)c(C(=O)N2CCCC(N3CCCC3)CC2)n1. The van der Waals surface area contributed by atoms with Crippen LogP contribution in [0.5, 0.6) is 5.75 Å². The van der Waals surface area contributed by atoms with Gasteiger partial charge in [0.1, 0.15) is 5.82 Å². The first kappa shape index (κ1) is 18.9. The Kier molecular flexibility index (Phi) is 5.35. The maximum atomic E-state index is 13.4. The Morgan fingerprint density at radius 1 is 1.14 bits per heavy atom. The normalized spacial score (nSPS) is 21.1. The maximum absolute atomic E-state index is 13.4. The van der Waals surface area contributed by atoms with Crippen LogP contribution in [0.25, 0.3) is 5.69 Å². The number of carbonyl (C=O) groups is 1. The third kappa shape index (κ3) is 3.76. The zero-order valence-corrected chi connectivity index (χ0v) is 16.3. The highest BCUT2D eigenvalue weighted by Gasteiger charge is 2.29. The molecule has 1 amide bonds. The Morgan fingerprint density at radius 3 is 2.68 bits per heavy atom. The minimum absolute atomic E-state index is 0.0587. The van der Waals surface area contributed by atoms with Crippen LogP contribution in [0.3, 0.4) is 0 Å². The number of aromatic nitrogens is 2. The number of benzene rings is 1. The zero-order chi connectivity index (χ0) is 19.7. The van der Waals surface area contributed by atoms with Crippen molar-refractivity contribution in [3.63, 3.8) is 0 Å². The smallest absolute Gasteiger partial charge is 0.278 e. The number of aryl methyl sites for hydroxylation is 1. The molecule has 2 aliphatic rings. The molecule has 2 saturated heterocycles. The number of hydrogen-bond acceptors (Lipinski definition) is 4. The molecule has 2 aliphatic heterocycles. The number of likely N-dealkylation sites (tertiary alicyclic amines) is 2. The number of aromatic hydroxyl groups is 1. The van der Waals surface area contributed by atoms with E-state index in [9.17, 15) is 14.3 Å². The molecule has 2 fully saturated rings. The van der Waals surface area contributed by atoms with Crippen molar-refractivity contribution >= 4 is 5.91 Å². The van der Waals surface area contributed by atoms with Crippen LogP contribution in [-0.4, -0.2) is 62.8 Å². The monoisotopic (exact) mass is 386 g/mol. The lowest BCUT2D eigenvalue weighted by Crippen LogP contribution is -2.35. The minimum Gasteiger partial charge on any atom is -0.504 e. The van der Waals surface area contributed by atoms with Gasteiger partial charge < -0.3 is 14.9 Å². The van der Waals surface area contributed by atoms with Crippen LogP contribution < -0.4 is 0 Å². The summed E-state index contributed by atoms with van der Waals surface area (Å²) in [5.74, 6) is -0.710. The molecule has 0 saturated carbocycles. The fourth-order valence-corrected chi connectivity index (χ4v) is 4.42. The van der Waals surface area contributed by atoms with E-state index in [0.29, 0.717) is 30.4 Å². The van der Waals surface area contributed by atoms with E-state index in [1.165, 1.54) is 48.9 Å². The van der Waals surface area contributed by atoms with Gasteiger partial charge in [0.05, 0.1) is 11.9 Å². The Balaban J connectivity index is 1.49. The fourth-order valence-electron chi connectivity index (χ4n) is 4.42. The molecule has 28 heavy (non-hydrogen) atoms. The minimum atomic E-state index is -0.328. The van der Waals surface area contributed by atoms with Crippen LogP contribution in [-0.2, 0) is 0 Å². The van der Waals surface area contributed by atoms with Gasteiger partial charge in [-0.3, -0.25) is 4.79 Å². The highest BCUT2D eigenvalue weighted by Crippen LogP contribution is 2.25. The molecule has 1 unspecified atom stereocenters. The van der Waals surface area contributed by atoms with E-state index in [4.69, 9.17) is 0 Å². The van der Waals surface area contributed by atoms with Crippen molar-refractivity contribution in [2.75, 3.05) is 26.2 Å². The summed E-state index contributed by atoms with van der Waals surface area (Å²) in [6, 6.07) is 4.89. The number of amides is 1. The molecule has 2 aromatic rings. The van der Waals surface area contributed by atoms with Crippen molar-refractivity contribution in [1.29, 1.82) is 0 Å². The van der Waals surface area contributed by atoms with Crippen molar-refractivity contribution < 1.29 is 14.3 Å². The molecule has 0 radical (unpaired) electrons. The van der Waals surface area contributed by atoms with Gasteiger partial charge in [-0.05, 0) is 75.9 Å². The van der Waals surface area contributed by atoms with Crippen LogP contribution in [0, 0.1) is 12.7 Å². The molecule has 1 aromatic heterocycles. The molecule has 150 valence electrons. The molecule has 4 rings (SSSR count). The van der Waals surface area contributed by atoms with Crippen molar-refractivity contribution in [1.82, 2.24) is 19.6 Å². The van der Waals surface area contributed by atoms with Crippen LogP contribution >= 0.6 is 0 Å². The van der Waals surface area contributed by atoms with Crippen molar-refractivity contribution in [3.05, 3.63) is 41.5 Å². The Bertz CT molecular complexity index is 860. The second-order valence-electron chi connectivity index (χ2n) is 7.86. The molecule has 7 heteroatoms. The summed E-state index contributed by atoms with van der Waals surface area (Å²) in [5, 5.41) is 14.6. The Labute approximate surface area is 164 Å². The molecule has 0 spiro atoms. The first-order valence-corrected chi connectivity index (χ1v) is 10.1. The summed E-state index contributed by atoms with van der Waals surface area (Å²) in [6.07, 6.45) is 6.99. The molecule has 0 bridgehead atoms. The molecular weight excluding hydrogens is 359 g/mol. The van der Waals surface area contributed by atoms with Crippen LogP contribution in [0.4, 0.5) is 4.39 Å². The summed E-state index contributed by atoms with van der Waals surface area (Å²) in [5.41, 5.74) is 1.38. The van der Waals surface area contributed by atoms with E-state index in [1.807, 2.05) is 0 Å². The second-order valence-corrected chi connectivity index (χ2v) is 7.86. The van der Waals surface area contributed by atoms with Gasteiger partial charge in [-0.25, -0.2) is 9.07 Å². The average Bonchev–Trinajstić information content (AvgIpc) is 3.26. The lowest BCUT2D eigenvalue weighted by Gasteiger charge is -2.26. The molecule has 1 atom stereocenters. The van der Waals surface area contributed by atoms with Crippen molar-refractivity contribution in [3.8, 4) is 11.4 Å².